The summed E-state index contributed by atoms with van der Waals surface area (Å²) in [6.07, 6.45) is 0. The van der Waals surface area contributed by atoms with Gasteiger partial charge in [-0.05, 0) is 18.2 Å². The molecular weight excluding hydrogens is 302 g/mol. The predicted octanol–water partition coefficient (Wildman–Crippen LogP) is 4.01. The highest BCUT2D eigenvalue weighted by atomic mass is 35.5. The fourth-order valence-electron chi connectivity index (χ4n) is 2.06. The summed E-state index contributed by atoms with van der Waals surface area (Å²) in [6.45, 7) is 0.529. The Kier molecular flexibility index (Phi) is 4.25. The van der Waals surface area contributed by atoms with Gasteiger partial charge in [-0.2, -0.15) is 4.98 Å². The summed E-state index contributed by atoms with van der Waals surface area (Å²) in [4.78, 5) is 4.30. The van der Waals surface area contributed by atoms with Crippen molar-refractivity contribution < 1.29 is 9.26 Å². The third-order valence-corrected chi connectivity index (χ3v) is 3.37. The van der Waals surface area contributed by atoms with Crippen LogP contribution in [0.4, 0.5) is 6.01 Å². The Balaban J connectivity index is 1.72. The zero-order valence-electron chi connectivity index (χ0n) is 11.9. The van der Waals surface area contributed by atoms with Crippen LogP contribution in [-0.4, -0.2) is 17.3 Å². The topological polar surface area (TPSA) is 60.2 Å². The van der Waals surface area contributed by atoms with E-state index >= 15 is 0 Å². The quantitative estimate of drug-likeness (QED) is 0.770. The lowest BCUT2D eigenvalue weighted by Gasteiger charge is -2.07. The van der Waals surface area contributed by atoms with E-state index in [1.165, 1.54) is 0 Å². The molecule has 0 unspecified atom stereocenters. The van der Waals surface area contributed by atoms with Crippen molar-refractivity contribution in [2.45, 2.75) is 6.54 Å². The van der Waals surface area contributed by atoms with E-state index in [2.05, 4.69) is 15.5 Å². The van der Waals surface area contributed by atoms with Crippen LogP contribution >= 0.6 is 11.6 Å². The second-order valence-corrected chi connectivity index (χ2v) is 5.04. The van der Waals surface area contributed by atoms with Gasteiger partial charge in [0.25, 0.3) is 0 Å². The van der Waals surface area contributed by atoms with Crippen molar-refractivity contribution in [1.29, 1.82) is 0 Å². The Hall–Kier alpha value is -2.53. The molecule has 22 heavy (non-hydrogen) atoms. The number of halogens is 1. The molecule has 3 aromatic rings. The number of methoxy groups -OCH3 is 1. The monoisotopic (exact) mass is 315 g/mol. The highest BCUT2D eigenvalue weighted by Gasteiger charge is 2.09. The number of para-hydroxylation sites is 1. The number of aromatic nitrogens is 2. The number of anilines is 1. The maximum atomic E-state index is 5.96. The van der Waals surface area contributed by atoms with E-state index in [9.17, 15) is 0 Å². The minimum Gasteiger partial charge on any atom is -0.496 e. The van der Waals surface area contributed by atoms with E-state index in [1.807, 2.05) is 36.4 Å². The zero-order chi connectivity index (χ0) is 15.4. The van der Waals surface area contributed by atoms with Gasteiger partial charge in [-0.1, -0.05) is 47.1 Å². The fourth-order valence-corrected chi connectivity index (χ4v) is 2.25. The van der Waals surface area contributed by atoms with Crippen molar-refractivity contribution in [3.63, 3.8) is 0 Å². The predicted molar refractivity (Wildman–Crippen MR) is 85.1 cm³/mol. The highest BCUT2D eigenvalue weighted by Crippen LogP contribution is 2.22. The number of hydrogen-bond donors (Lipinski definition) is 1. The molecule has 6 heteroatoms. The van der Waals surface area contributed by atoms with Crippen LogP contribution < -0.4 is 10.1 Å². The summed E-state index contributed by atoms with van der Waals surface area (Å²) in [5.41, 5.74) is 1.81. The second-order valence-electron chi connectivity index (χ2n) is 4.60. The minimum atomic E-state index is 0.348. The molecule has 1 N–H and O–H groups in total. The minimum absolute atomic E-state index is 0.348. The summed E-state index contributed by atoms with van der Waals surface area (Å²) in [6, 6.07) is 15.4. The van der Waals surface area contributed by atoms with Gasteiger partial charge >= 0.3 is 6.01 Å². The molecule has 2 aromatic carbocycles. The molecule has 1 aromatic heterocycles. The lowest BCUT2D eigenvalue weighted by Crippen LogP contribution is -2.01. The molecular formula is C16H14ClN3O2. The van der Waals surface area contributed by atoms with Crippen molar-refractivity contribution >= 4 is 17.6 Å². The number of hydrogen-bond acceptors (Lipinski definition) is 5. The molecule has 0 saturated heterocycles. The van der Waals surface area contributed by atoms with Gasteiger partial charge in [-0.15, -0.1) is 0 Å². The zero-order valence-corrected chi connectivity index (χ0v) is 12.7. The Bertz CT molecular complexity index is 773. The van der Waals surface area contributed by atoms with Crippen LogP contribution in [0.3, 0.4) is 0 Å². The van der Waals surface area contributed by atoms with Crippen LogP contribution in [0.1, 0.15) is 5.56 Å². The first-order chi connectivity index (χ1) is 10.8. The van der Waals surface area contributed by atoms with E-state index in [1.54, 1.807) is 19.2 Å². The molecule has 0 amide bonds. The summed E-state index contributed by atoms with van der Waals surface area (Å²) < 4.78 is 10.5. The summed E-state index contributed by atoms with van der Waals surface area (Å²) in [5.74, 6) is 1.30. The maximum absolute atomic E-state index is 5.96. The molecule has 0 spiro atoms. The van der Waals surface area contributed by atoms with Crippen LogP contribution in [0, 0.1) is 0 Å². The van der Waals surface area contributed by atoms with Gasteiger partial charge in [0.15, 0.2) is 0 Å². The van der Waals surface area contributed by atoms with E-state index in [4.69, 9.17) is 20.9 Å². The Morgan fingerprint density at radius 2 is 2.05 bits per heavy atom. The van der Waals surface area contributed by atoms with Gasteiger partial charge in [0.1, 0.15) is 5.75 Å². The van der Waals surface area contributed by atoms with E-state index in [0.717, 1.165) is 16.9 Å². The van der Waals surface area contributed by atoms with Crippen molar-refractivity contribution in [1.82, 2.24) is 10.1 Å². The molecule has 5 nitrogen and oxygen atoms in total. The normalized spacial score (nSPS) is 10.5. The molecule has 0 saturated carbocycles. The Morgan fingerprint density at radius 3 is 2.86 bits per heavy atom. The van der Waals surface area contributed by atoms with Gasteiger partial charge in [-0.25, -0.2) is 0 Å². The third-order valence-electron chi connectivity index (χ3n) is 3.13. The first-order valence-electron chi connectivity index (χ1n) is 6.71. The third kappa shape index (κ3) is 3.20. The first-order valence-corrected chi connectivity index (χ1v) is 7.09. The molecule has 3 rings (SSSR count). The number of ether oxygens (including phenoxy) is 1. The maximum Gasteiger partial charge on any atom is 0.322 e. The van der Waals surface area contributed by atoms with Crippen LogP contribution in [-0.2, 0) is 6.54 Å². The van der Waals surface area contributed by atoms with E-state index in [0.29, 0.717) is 23.4 Å². The lowest BCUT2D eigenvalue weighted by molar-refractivity contribution is 0.409. The van der Waals surface area contributed by atoms with Crippen molar-refractivity contribution in [2.24, 2.45) is 0 Å². The van der Waals surface area contributed by atoms with Gasteiger partial charge in [-0.3, -0.25) is 0 Å². The summed E-state index contributed by atoms with van der Waals surface area (Å²) in [7, 11) is 1.64. The molecule has 0 radical (unpaired) electrons. The molecule has 0 bridgehead atoms. The number of benzene rings is 2. The molecule has 0 atom stereocenters. The largest absolute Gasteiger partial charge is 0.496 e. The standard InChI is InChI=1S/C16H14ClN3O2/c1-21-14-8-3-2-5-12(14)10-18-16-19-15(20-22-16)11-6-4-7-13(17)9-11/h2-9H,10H2,1H3,(H,18,19,20). The molecule has 1 heterocycles. The highest BCUT2D eigenvalue weighted by molar-refractivity contribution is 6.30. The van der Waals surface area contributed by atoms with Gasteiger partial charge in [0.2, 0.25) is 5.82 Å². The molecule has 0 fully saturated rings. The second kappa shape index (κ2) is 6.49. The van der Waals surface area contributed by atoms with Crippen molar-refractivity contribution in [3.8, 4) is 17.1 Å². The van der Waals surface area contributed by atoms with E-state index in [-0.39, 0.29) is 0 Å². The van der Waals surface area contributed by atoms with Crippen LogP contribution in [0.2, 0.25) is 5.02 Å². The summed E-state index contributed by atoms with van der Waals surface area (Å²) in [5, 5.41) is 7.66. The average Bonchev–Trinajstić information content (AvgIpc) is 3.02. The first kappa shape index (κ1) is 14.4. The van der Waals surface area contributed by atoms with Gasteiger partial charge in [0.05, 0.1) is 7.11 Å². The fraction of sp³-hybridized carbons (Fsp3) is 0.125. The van der Waals surface area contributed by atoms with Crippen molar-refractivity contribution in [2.75, 3.05) is 12.4 Å². The molecule has 0 aliphatic rings. The van der Waals surface area contributed by atoms with Gasteiger partial charge < -0.3 is 14.6 Å². The van der Waals surface area contributed by atoms with Crippen molar-refractivity contribution in [3.05, 3.63) is 59.1 Å². The molecule has 112 valence electrons. The lowest BCUT2D eigenvalue weighted by atomic mass is 10.2. The van der Waals surface area contributed by atoms with Crippen LogP contribution in [0.5, 0.6) is 5.75 Å². The molecule has 0 aliphatic carbocycles. The Morgan fingerprint density at radius 1 is 1.18 bits per heavy atom. The number of nitrogens with one attached hydrogen (secondary N) is 1. The van der Waals surface area contributed by atoms with E-state index < -0.39 is 0 Å². The SMILES string of the molecule is COc1ccccc1CNc1nc(-c2cccc(Cl)c2)no1. The number of rotatable bonds is 5. The molecule has 0 aliphatic heterocycles. The number of nitrogens with zero attached hydrogens (tertiary/aromatic N) is 2. The van der Waals surface area contributed by atoms with Gasteiger partial charge in [0, 0.05) is 22.7 Å². The van der Waals surface area contributed by atoms with Crippen LogP contribution in [0.15, 0.2) is 53.1 Å². The summed E-state index contributed by atoms with van der Waals surface area (Å²) >= 11 is 5.96. The average molecular weight is 316 g/mol. The smallest absolute Gasteiger partial charge is 0.322 e. The Labute approximate surface area is 132 Å². The van der Waals surface area contributed by atoms with Crippen LogP contribution in [0.25, 0.3) is 11.4 Å².